The first-order valence-electron chi connectivity index (χ1n) is 11.3. The van der Waals surface area contributed by atoms with E-state index in [1.54, 1.807) is 12.1 Å². The van der Waals surface area contributed by atoms with Crippen molar-refractivity contribution in [2.24, 2.45) is 5.92 Å². The first-order valence-corrected chi connectivity index (χ1v) is 11.3. The van der Waals surface area contributed by atoms with Gasteiger partial charge in [-0.2, -0.15) is 0 Å². The number of hydrogen-bond acceptors (Lipinski definition) is 6. The topological polar surface area (TPSA) is 89.0 Å². The molecule has 7 heteroatoms. The van der Waals surface area contributed by atoms with Crippen LogP contribution in [0.4, 0.5) is 0 Å². The Hall–Kier alpha value is -2.93. The molecule has 0 aliphatic carbocycles. The van der Waals surface area contributed by atoms with E-state index < -0.39 is 5.97 Å². The van der Waals surface area contributed by atoms with Crippen molar-refractivity contribution in [3.8, 4) is 16.9 Å². The van der Waals surface area contributed by atoms with Crippen molar-refractivity contribution in [3.63, 3.8) is 0 Å². The zero-order chi connectivity index (χ0) is 22.9. The monoisotopic (exact) mass is 440 g/mol. The summed E-state index contributed by atoms with van der Waals surface area (Å²) in [5.41, 5.74) is 2.35. The Balaban J connectivity index is 1.48. The number of aromatic nitrogens is 1. The van der Waals surface area contributed by atoms with Crippen molar-refractivity contribution in [2.45, 2.75) is 39.5 Å². The van der Waals surface area contributed by atoms with Gasteiger partial charge in [-0.25, -0.2) is 9.78 Å². The van der Waals surface area contributed by atoms with Gasteiger partial charge in [0, 0.05) is 24.7 Å². The molecule has 2 aromatic rings. The lowest BCUT2D eigenvalue weighted by Gasteiger charge is -2.31. The first-order chi connectivity index (χ1) is 15.5. The van der Waals surface area contributed by atoms with Crippen LogP contribution in [0.2, 0.25) is 0 Å². The third kappa shape index (κ3) is 6.29. The van der Waals surface area contributed by atoms with Crippen LogP contribution in [0.15, 0.2) is 36.5 Å². The number of likely N-dealkylation sites (tertiary alicyclic amines) is 1. The van der Waals surface area contributed by atoms with Crippen LogP contribution >= 0.6 is 0 Å². The fourth-order valence-corrected chi connectivity index (χ4v) is 4.20. The van der Waals surface area contributed by atoms with Crippen LogP contribution in [0.1, 0.15) is 48.7 Å². The number of esters is 1. The standard InChI is InChI=1S/C25H32N2O5/c1-3-31-23(28)17-19-10-14-27(15-11-19)13-6-16-32-22-9-4-7-20(18(22)2)21-8-5-12-26-24(21)25(29)30/h4-5,7-9,12,19H,3,6,10-11,13-17H2,1-2H3,(H,29,30). The fraction of sp³-hybridized carbons (Fsp3) is 0.480. The maximum Gasteiger partial charge on any atom is 0.355 e. The number of piperidine rings is 1. The summed E-state index contributed by atoms with van der Waals surface area (Å²) in [5, 5.41) is 9.45. The second-order valence-electron chi connectivity index (χ2n) is 8.13. The van der Waals surface area contributed by atoms with E-state index in [1.165, 1.54) is 6.20 Å². The SMILES string of the molecule is CCOC(=O)CC1CCN(CCCOc2cccc(-c3cccnc3C(=O)O)c2C)CC1. The second-order valence-corrected chi connectivity index (χ2v) is 8.13. The Morgan fingerprint density at radius 2 is 1.91 bits per heavy atom. The van der Waals surface area contributed by atoms with Crippen molar-refractivity contribution in [2.75, 3.05) is 32.8 Å². The smallest absolute Gasteiger partial charge is 0.355 e. The molecule has 1 aromatic heterocycles. The van der Waals surface area contributed by atoms with E-state index in [-0.39, 0.29) is 11.7 Å². The minimum Gasteiger partial charge on any atom is -0.493 e. The molecular weight excluding hydrogens is 408 g/mol. The van der Waals surface area contributed by atoms with E-state index >= 15 is 0 Å². The number of hydrogen-bond donors (Lipinski definition) is 1. The molecule has 2 heterocycles. The predicted molar refractivity (Wildman–Crippen MR) is 122 cm³/mol. The van der Waals surface area contributed by atoms with Crippen molar-refractivity contribution >= 4 is 11.9 Å². The molecule has 1 N–H and O–H groups in total. The zero-order valence-corrected chi connectivity index (χ0v) is 18.9. The van der Waals surface area contributed by atoms with E-state index in [0.29, 0.717) is 31.1 Å². The Morgan fingerprint density at radius 3 is 2.62 bits per heavy atom. The molecule has 1 aromatic carbocycles. The number of carboxylic acid groups (broad SMARTS) is 1. The molecule has 0 radical (unpaired) electrons. The number of benzene rings is 1. The first kappa shape index (κ1) is 23.7. The van der Waals surface area contributed by atoms with Crippen LogP contribution in [0, 0.1) is 12.8 Å². The minimum atomic E-state index is -1.04. The van der Waals surface area contributed by atoms with Gasteiger partial charge in [-0.1, -0.05) is 18.2 Å². The number of aromatic carboxylic acids is 1. The lowest BCUT2D eigenvalue weighted by molar-refractivity contribution is -0.144. The quantitative estimate of drug-likeness (QED) is 0.438. The predicted octanol–water partition coefficient (Wildman–Crippen LogP) is 4.19. The summed E-state index contributed by atoms with van der Waals surface area (Å²) in [6.07, 6.45) is 4.97. The molecule has 0 bridgehead atoms. The summed E-state index contributed by atoms with van der Waals surface area (Å²) < 4.78 is 11.1. The molecule has 7 nitrogen and oxygen atoms in total. The van der Waals surface area contributed by atoms with Gasteiger partial charge in [-0.3, -0.25) is 4.79 Å². The molecular formula is C25H32N2O5. The number of ether oxygens (including phenoxy) is 2. The summed E-state index contributed by atoms with van der Waals surface area (Å²) in [6.45, 7) is 7.77. The molecule has 1 aliphatic heterocycles. The molecule has 0 unspecified atom stereocenters. The lowest BCUT2D eigenvalue weighted by Crippen LogP contribution is -2.35. The maximum atomic E-state index is 11.6. The number of nitrogens with zero attached hydrogens (tertiary/aromatic N) is 2. The Morgan fingerprint density at radius 1 is 1.16 bits per heavy atom. The summed E-state index contributed by atoms with van der Waals surface area (Å²) in [4.78, 5) is 29.6. The molecule has 3 rings (SSSR count). The average Bonchev–Trinajstić information content (AvgIpc) is 2.79. The van der Waals surface area contributed by atoms with E-state index in [1.807, 2.05) is 32.0 Å². The second kappa shape index (κ2) is 11.6. The fourth-order valence-electron chi connectivity index (χ4n) is 4.20. The molecule has 32 heavy (non-hydrogen) atoms. The Labute approximate surface area is 189 Å². The van der Waals surface area contributed by atoms with Crippen LogP contribution < -0.4 is 4.74 Å². The number of carbonyl (C=O) groups is 2. The number of pyridine rings is 1. The van der Waals surface area contributed by atoms with Crippen molar-refractivity contribution in [1.29, 1.82) is 0 Å². The van der Waals surface area contributed by atoms with Gasteiger partial charge in [0.2, 0.25) is 0 Å². The van der Waals surface area contributed by atoms with Gasteiger partial charge < -0.3 is 19.5 Å². The van der Waals surface area contributed by atoms with E-state index in [0.717, 1.165) is 55.8 Å². The van der Waals surface area contributed by atoms with Gasteiger partial charge in [0.15, 0.2) is 5.69 Å². The number of carboxylic acids is 1. The average molecular weight is 441 g/mol. The van der Waals surface area contributed by atoms with Crippen LogP contribution in [-0.2, 0) is 9.53 Å². The highest BCUT2D eigenvalue weighted by atomic mass is 16.5. The molecule has 1 fully saturated rings. The third-order valence-corrected chi connectivity index (χ3v) is 5.93. The minimum absolute atomic E-state index is 0.0408. The largest absolute Gasteiger partial charge is 0.493 e. The highest BCUT2D eigenvalue weighted by Crippen LogP contribution is 2.31. The van der Waals surface area contributed by atoms with Crippen LogP contribution in [-0.4, -0.2) is 59.8 Å². The molecule has 1 saturated heterocycles. The molecule has 172 valence electrons. The Bertz CT molecular complexity index is 922. The number of carbonyl (C=O) groups excluding carboxylic acids is 1. The maximum absolute atomic E-state index is 11.6. The van der Waals surface area contributed by atoms with Crippen LogP contribution in [0.3, 0.4) is 0 Å². The third-order valence-electron chi connectivity index (χ3n) is 5.93. The lowest BCUT2D eigenvalue weighted by atomic mass is 9.93. The van der Waals surface area contributed by atoms with Gasteiger partial charge in [0.25, 0.3) is 0 Å². The van der Waals surface area contributed by atoms with Crippen LogP contribution in [0.25, 0.3) is 11.1 Å². The van der Waals surface area contributed by atoms with Gasteiger partial charge in [-0.05, 0) is 75.4 Å². The summed E-state index contributed by atoms with van der Waals surface area (Å²) >= 11 is 0. The Kier molecular flexibility index (Phi) is 8.62. The molecule has 0 spiro atoms. The van der Waals surface area contributed by atoms with Crippen molar-refractivity contribution < 1.29 is 24.2 Å². The van der Waals surface area contributed by atoms with E-state index in [4.69, 9.17) is 9.47 Å². The van der Waals surface area contributed by atoms with Gasteiger partial charge in [0.05, 0.1) is 13.2 Å². The molecule has 0 atom stereocenters. The molecule has 0 amide bonds. The van der Waals surface area contributed by atoms with Gasteiger partial charge >= 0.3 is 11.9 Å². The van der Waals surface area contributed by atoms with E-state index in [2.05, 4.69) is 9.88 Å². The number of rotatable bonds is 10. The highest BCUT2D eigenvalue weighted by molar-refractivity contribution is 5.94. The molecule has 0 saturated carbocycles. The summed E-state index contributed by atoms with van der Waals surface area (Å²) in [5.74, 6) is 0.0574. The van der Waals surface area contributed by atoms with Gasteiger partial charge in [-0.15, -0.1) is 0 Å². The normalized spacial score (nSPS) is 14.8. The van der Waals surface area contributed by atoms with Gasteiger partial charge in [0.1, 0.15) is 5.75 Å². The zero-order valence-electron chi connectivity index (χ0n) is 18.9. The van der Waals surface area contributed by atoms with Crippen LogP contribution in [0.5, 0.6) is 5.75 Å². The highest BCUT2D eigenvalue weighted by Gasteiger charge is 2.22. The van der Waals surface area contributed by atoms with Crippen molar-refractivity contribution in [1.82, 2.24) is 9.88 Å². The summed E-state index contributed by atoms with van der Waals surface area (Å²) in [7, 11) is 0. The van der Waals surface area contributed by atoms with E-state index in [9.17, 15) is 14.7 Å². The summed E-state index contributed by atoms with van der Waals surface area (Å²) in [6, 6.07) is 9.20. The molecule has 1 aliphatic rings. The van der Waals surface area contributed by atoms with Crippen molar-refractivity contribution in [3.05, 3.63) is 47.8 Å².